The van der Waals surface area contributed by atoms with E-state index in [1.165, 1.54) is 18.3 Å². The molecular formula is C16H17F3N2O2S. The molecule has 0 radical (unpaired) electrons. The van der Waals surface area contributed by atoms with E-state index in [0.717, 1.165) is 30.2 Å². The van der Waals surface area contributed by atoms with E-state index in [0.29, 0.717) is 22.7 Å². The second-order valence-corrected chi connectivity index (χ2v) is 6.14. The maximum absolute atomic E-state index is 13.2. The Morgan fingerprint density at radius 2 is 2.12 bits per heavy atom. The predicted octanol–water partition coefficient (Wildman–Crippen LogP) is 5.29. The number of aromatic nitrogens is 1. The van der Waals surface area contributed by atoms with Gasteiger partial charge in [0.25, 0.3) is 0 Å². The topological polar surface area (TPSA) is 51.2 Å². The Balaban J connectivity index is 2.17. The number of carbonyl (C=O) groups is 1. The molecule has 0 aliphatic carbocycles. The van der Waals surface area contributed by atoms with Crippen molar-refractivity contribution >= 4 is 28.4 Å². The fraction of sp³-hybridized carbons (Fsp3) is 0.375. The molecule has 0 fully saturated rings. The fourth-order valence-electron chi connectivity index (χ4n) is 2.01. The molecule has 130 valence electrons. The first-order valence-electron chi connectivity index (χ1n) is 7.46. The first-order chi connectivity index (χ1) is 11.4. The quantitative estimate of drug-likeness (QED) is 0.515. The summed E-state index contributed by atoms with van der Waals surface area (Å²) >= 11 is 1.06. The largest absolute Gasteiger partial charge is 0.493 e. The lowest BCUT2D eigenvalue weighted by Gasteiger charge is -2.15. The lowest BCUT2D eigenvalue weighted by Crippen LogP contribution is -2.10. The molecule has 24 heavy (non-hydrogen) atoms. The summed E-state index contributed by atoms with van der Waals surface area (Å²) in [5.74, 6) is -0.183. The second-order valence-electron chi connectivity index (χ2n) is 5.07. The van der Waals surface area contributed by atoms with Crippen molar-refractivity contribution in [2.45, 2.75) is 32.4 Å². The number of anilines is 2. The van der Waals surface area contributed by atoms with Crippen LogP contribution < -0.4 is 10.1 Å². The SMILES string of the molecule is CCCCCOc1ccc(Nc2ncc(C=O)s2)cc1C(F)(F)F. The molecule has 0 amide bonds. The molecule has 2 aromatic rings. The zero-order chi connectivity index (χ0) is 17.6. The Hall–Kier alpha value is -2.09. The number of aldehydes is 1. The van der Waals surface area contributed by atoms with E-state index < -0.39 is 11.7 Å². The summed E-state index contributed by atoms with van der Waals surface area (Å²) in [7, 11) is 0. The van der Waals surface area contributed by atoms with E-state index in [-0.39, 0.29) is 18.0 Å². The van der Waals surface area contributed by atoms with Crippen molar-refractivity contribution in [2.24, 2.45) is 0 Å². The third-order valence-electron chi connectivity index (χ3n) is 3.18. The van der Waals surface area contributed by atoms with Crippen LogP contribution in [0, 0.1) is 0 Å². The number of nitrogens with zero attached hydrogens (tertiary/aromatic N) is 1. The van der Waals surface area contributed by atoms with Gasteiger partial charge in [0.1, 0.15) is 5.75 Å². The van der Waals surface area contributed by atoms with Gasteiger partial charge in [-0.1, -0.05) is 31.1 Å². The molecule has 1 heterocycles. The molecule has 0 saturated heterocycles. The molecule has 0 atom stereocenters. The molecular weight excluding hydrogens is 341 g/mol. The van der Waals surface area contributed by atoms with Gasteiger partial charge in [-0.2, -0.15) is 13.2 Å². The van der Waals surface area contributed by atoms with E-state index in [9.17, 15) is 18.0 Å². The van der Waals surface area contributed by atoms with Gasteiger partial charge in [-0.15, -0.1) is 0 Å². The second kappa shape index (κ2) is 8.14. The number of nitrogens with one attached hydrogen (secondary N) is 1. The van der Waals surface area contributed by atoms with Crippen LogP contribution in [-0.2, 0) is 6.18 Å². The molecule has 0 spiro atoms. The molecule has 4 nitrogen and oxygen atoms in total. The number of thiazole rings is 1. The van der Waals surface area contributed by atoms with Crippen molar-refractivity contribution in [3.8, 4) is 5.75 Å². The Labute approximate surface area is 141 Å². The molecule has 0 bridgehead atoms. The number of ether oxygens (including phenoxy) is 1. The Morgan fingerprint density at radius 3 is 2.75 bits per heavy atom. The van der Waals surface area contributed by atoms with Crippen molar-refractivity contribution in [3.63, 3.8) is 0 Å². The first-order valence-corrected chi connectivity index (χ1v) is 8.27. The van der Waals surface area contributed by atoms with Crippen LogP contribution in [-0.4, -0.2) is 17.9 Å². The fourth-order valence-corrected chi connectivity index (χ4v) is 2.66. The molecule has 0 aliphatic rings. The zero-order valence-electron chi connectivity index (χ0n) is 13.0. The Morgan fingerprint density at radius 1 is 1.33 bits per heavy atom. The summed E-state index contributed by atoms with van der Waals surface area (Å²) in [4.78, 5) is 15.0. The van der Waals surface area contributed by atoms with E-state index >= 15 is 0 Å². The standard InChI is InChI=1S/C16H17F3N2O2S/c1-2-3-4-7-23-14-6-5-11(8-13(14)16(17,18)19)21-15-20-9-12(10-22)24-15/h5-6,8-10H,2-4,7H2,1H3,(H,20,21). The summed E-state index contributed by atoms with van der Waals surface area (Å²) in [5, 5.41) is 3.12. The van der Waals surface area contributed by atoms with Crippen LogP contribution in [0.4, 0.5) is 24.0 Å². The van der Waals surface area contributed by atoms with Crippen LogP contribution in [0.25, 0.3) is 0 Å². The highest BCUT2D eigenvalue weighted by Gasteiger charge is 2.34. The number of unbranched alkanes of at least 4 members (excludes halogenated alkanes) is 2. The van der Waals surface area contributed by atoms with Gasteiger partial charge < -0.3 is 10.1 Å². The van der Waals surface area contributed by atoms with Crippen LogP contribution in [0.5, 0.6) is 5.75 Å². The Kier molecular flexibility index (Phi) is 6.19. The summed E-state index contributed by atoms with van der Waals surface area (Å²) in [6.45, 7) is 2.26. The number of hydrogen-bond acceptors (Lipinski definition) is 5. The van der Waals surface area contributed by atoms with Gasteiger partial charge in [-0.3, -0.25) is 4.79 Å². The lowest BCUT2D eigenvalue weighted by molar-refractivity contribution is -0.138. The van der Waals surface area contributed by atoms with E-state index in [2.05, 4.69) is 10.3 Å². The highest BCUT2D eigenvalue weighted by molar-refractivity contribution is 7.17. The number of halogens is 3. The summed E-state index contributed by atoms with van der Waals surface area (Å²) < 4.78 is 45.0. The molecule has 2 rings (SSSR count). The molecule has 0 aliphatic heterocycles. The lowest BCUT2D eigenvalue weighted by atomic mass is 10.1. The van der Waals surface area contributed by atoms with Gasteiger partial charge in [0.05, 0.1) is 23.2 Å². The van der Waals surface area contributed by atoms with Gasteiger partial charge >= 0.3 is 6.18 Å². The highest BCUT2D eigenvalue weighted by Crippen LogP contribution is 2.38. The zero-order valence-corrected chi connectivity index (χ0v) is 13.8. The van der Waals surface area contributed by atoms with Gasteiger partial charge in [-0.05, 0) is 24.6 Å². The Bertz CT molecular complexity index is 686. The molecule has 1 aromatic carbocycles. The van der Waals surface area contributed by atoms with E-state index in [1.807, 2.05) is 6.92 Å². The first kappa shape index (κ1) is 18.3. The molecule has 0 saturated carbocycles. The summed E-state index contributed by atoms with van der Waals surface area (Å²) in [5.41, 5.74) is -0.605. The summed E-state index contributed by atoms with van der Waals surface area (Å²) in [6, 6.07) is 3.77. The number of benzene rings is 1. The van der Waals surface area contributed by atoms with E-state index in [1.54, 1.807) is 0 Å². The average Bonchev–Trinajstić information content (AvgIpc) is 2.99. The molecule has 1 N–H and O–H groups in total. The molecule has 8 heteroatoms. The van der Waals surface area contributed by atoms with Crippen molar-refractivity contribution in [3.05, 3.63) is 34.8 Å². The van der Waals surface area contributed by atoms with Crippen LogP contribution >= 0.6 is 11.3 Å². The average molecular weight is 358 g/mol. The minimum Gasteiger partial charge on any atom is -0.493 e. The summed E-state index contributed by atoms with van der Waals surface area (Å²) in [6.07, 6.45) is 0.0577. The monoisotopic (exact) mass is 358 g/mol. The third kappa shape index (κ3) is 4.95. The van der Waals surface area contributed by atoms with Crippen molar-refractivity contribution < 1.29 is 22.7 Å². The van der Waals surface area contributed by atoms with Gasteiger partial charge in [0.15, 0.2) is 11.4 Å². The number of rotatable bonds is 8. The van der Waals surface area contributed by atoms with Crippen molar-refractivity contribution in [1.82, 2.24) is 4.98 Å². The maximum atomic E-state index is 13.2. The van der Waals surface area contributed by atoms with Crippen molar-refractivity contribution in [2.75, 3.05) is 11.9 Å². The van der Waals surface area contributed by atoms with Crippen LogP contribution in [0.2, 0.25) is 0 Å². The molecule has 0 unspecified atom stereocenters. The van der Waals surface area contributed by atoms with Crippen LogP contribution in [0.3, 0.4) is 0 Å². The molecule has 1 aromatic heterocycles. The smallest absolute Gasteiger partial charge is 0.420 e. The number of carbonyl (C=O) groups excluding carboxylic acids is 1. The number of alkyl halides is 3. The maximum Gasteiger partial charge on any atom is 0.420 e. The number of hydrogen-bond donors (Lipinski definition) is 1. The minimum absolute atomic E-state index is 0.183. The van der Waals surface area contributed by atoms with Crippen molar-refractivity contribution in [1.29, 1.82) is 0 Å². The van der Waals surface area contributed by atoms with Gasteiger partial charge in [0.2, 0.25) is 0 Å². The van der Waals surface area contributed by atoms with Crippen LogP contribution in [0.15, 0.2) is 24.4 Å². The predicted molar refractivity (Wildman–Crippen MR) is 87.2 cm³/mol. The highest BCUT2D eigenvalue weighted by atomic mass is 32.1. The minimum atomic E-state index is -4.52. The van der Waals surface area contributed by atoms with E-state index in [4.69, 9.17) is 4.74 Å². The van der Waals surface area contributed by atoms with Gasteiger partial charge in [0, 0.05) is 5.69 Å². The normalized spacial score (nSPS) is 11.3. The van der Waals surface area contributed by atoms with Crippen LogP contribution in [0.1, 0.15) is 41.4 Å². The third-order valence-corrected chi connectivity index (χ3v) is 4.02. The van der Waals surface area contributed by atoms with Gasteiger partial charge in [-0.25, -0.2) is 4.98 Å².